The fourth-order valence-electron chi connectivity index (χ4n) is 2.32. The lowest BCUT2D eigenvalue weighted by molar-refractivity contribution is -0.386. The van der Waals surface area contributed by atoms with E-state index in [1.54, 1.807) is 0 Å². The van der Waals surface area contributed by atoms with Crippen LogP contribution >= 0.6 is 0 Å². The zero-order valence-electron chi connectivity index (χ0n) is 15.2. The predicted octanol–water partition coefficient (Wildman–Crippen LogP) is 2.12. The SMILES string of the molecule is COc1nc(NC(C)C)c(B2OC(C)(C)C(C)(C)O2)cc1[N+](=O)[O-]. The maximum Gasteiger partial charge on any atom is 0.498 e. The molecule has 132 valence electrons. The summed E-state index contributed by atoms with van der Waals surface area (Å²) in [5.74, 6) is 0.398. The van der Waals surface area contributed by atoms with Crippen molar-refractivity contribution < 1.29 is 19.0 Å². The highest BCUT2D eigenvalue weighted by molar-refractivity contribution is 6.63. The number of anilines is 1. The molecule has 0 spiro atoms. The third-order valence-corrected chi connectivity index (χ3v) is 4.32. The standard InChI is InChI=1S/C15H24BN3O5/c1-9(2)17-12-10(8-11(19(20)21)13(18-12)22-7)16-23-14(3,4)15(5,6)24-16/h8-9H,1-7H3,(H,17,18). The van der Waals surface area contributed by atoms with Crippen LogP contribution < -0.4 is 15.5 Å². The van der Waals surface area contributed by atoms with Gasteiger partial charge in [-0.25, -0.2) is 0 Å². The minimum absolute atomic E-state index is 0.0524. The molecule has 0 bridgehead atoms. The van der Waals surface area contributed by atoms with Gasteiger partial charge in [0.25, 0.3) is 5.88 Å². The lowest BCUT2D eigenvalue weighted by Gasteiger charge is -2.32. The zero-order valence-corrected chi connectivity index (χ0v) is 15.2. The van der Waals surface area contributed by atoms with Crippen molar-refractivity contribution in [3.63, 3.8) is 0 Å². The number of aromatic nitrogens is 1. The molecule has 1 saturated heterocycles. The van der Waals surface area contributed by atoms with E-state index in [2.05, 4.69) is 10.3 Å². The number of nitro groups is 1. The lowest BCUT2D eigenvalue weighted by atomic mass is 9.79. The molecule has 0 amide bonds. The molecule has 9 heteroatoms. The molecule has 0 unspecified atom stereocenters. The van der Waals surface area contributed by atoms with E-state index < -0.39 is 23.2 Å². The Balaban J connectivity index is 2.55. The van der Waals surface area contributed by atoms with Crippen molar-refractivity contribution in [3.8, 4) is 5.88 Å². The first-order valence-corrected chi connectivity index (χ1v) is 7.84. The van der Waals surface area contributed by atoms with E-state index >= 15 is 0 Å². The highest BCUT2D eigenvalue weighted by Crippen LogP contribution is 2.37. The van der Waals surface area contributed by atoms with Crippen molar-refractivity contribution in [2.75, 3.05) is 12.4 Å². The number of hydrogen-bond donors (Lipinski definition) is 1. The van der Waals surface area contributed by atoms with Gasteiger partial charge in [0.2, 0.25) is 0 Å². The lowest BCUT2D eigenvalue weighted by Crippen LogP contribution is -2.41. The molecule has 0 aliphatic carbocycles. The Hall–Kier alpha value is -1.87. The molecule has 1 aromatic heterocycles. The summed E-state index contributed by atoms with van der Waals surface area (Å²) in [6.45, 7) is 11.6. The average Bonchev–Trinajstić information content (AvgIpc) is 2.65. The smallest absolute Gasteiger partial charge is 0.476 e. The summed E-state index contributed by atoms with van der Waals surface area (Å²) in [6, 6.07) is 1.48. The Morgan fingerprint density at radius 1 is 1.29 bits per heavy atom. The van der Waals surface area contributed by atoms with Gasteiger partial charge in [0.1, 0.15) is 5.82 Å². The van der Waals surface area contributed by atoms with Crippen molar-refractivity contribution in [2.45, 2.75) is 58.8 Å². The number of nitrogens with one attached hydrogen (secondary N) is 1. The minimum atomic E-state index is -0.756. The van der Waals surface area contributed by atoms with Crippen LogP contribution in [0.25, 0.3) is 0 Å². The summed E-state index contributed by atoms with van der Waals surface area (Å²) in [6.07, 6.45) is 0. The Labute approximate surface area is 142 Å². The minimum Gasteiger partial charge on any atom is -0.476 e. The molecule has 2 rings (SSSR count). The van der Waals surface area contributed by atoms with Gasteiger partial charge in [-0.3, -0.25) is 10.1 Å². The Morgan fingerprint density at radius 3 is 2.25 bits per heavy atom. The van der Waals surface area contributed by atoms with Crippen molar-refractivity contribution in [3.05, 3.63) is 16.2 Å². The van der Waals surface area contributed by atoms with Crippen LogP contribution in [0.15, 0.2) is 6.07 Å². The molecule has 24 heavy (non-hydrogen) atoms. The summed E-state index contributed by atoms with van der Waals surface area (Å²) in [4.78, 5) is 15.0. The molecule has 0 atom stereocenters. The van der Waals surface area contributed by atoms with E-state index in [1.165, 1.54) is 13.2 Å². The van der Waals surface area contributed by atoms with E-state index in [9.17, 15) is 10.1 Å². The first-order chi connectivity index (χ1) is 11.0. The number of ether oxygens (including phenoxy) is 1. The second-order valence-electron chi connectivity index (χ2n) is 7.10. The molecular weight excluding hydrogens is 313 g/mol. The highest BCUT2D eigenvalue weighted by Gasteiger charge is 2.53. The van der Waals surface area contributed by atoms with E-state index in [4.69, 9.17) is 14.0 Å². The van der Waals surface area contributed by atoms with E-state index in [1.807, 2.05) is 41.5 Å². The van der Waals surface area contributed by atoms with Crippen LogP contribution in [-0.2, 0) is 9.31 Å². The number of methoxy groups -OCH3 is 1. The molecule has 0 aromatic carbocycles. The number of rotatable bonds is 5. The van der Waals surface area contributed by atoms with E-state index in [0.717, 1.165) is 0 Å². The average molecular weight is 337 g/mol. The fourth-order valence-corrected chi connectivity index (χ4v) is 2.32. The molecular formula is C15H24BN3O5. The highest BCUT2D eigenvalue weighted by atomic mass is 16.7. The maximum absolute atomic E-state index is 11.3. The number of pyridine rings is 1. The molecule has 1 aliphatic heterocycles. The molecule has 2 heterocycles. The quantitative estimate of drug-likeness (QED) is 0.499. The molecule has 1 N–H and O–H groups in total. The summed E-state index contributed by atoms with van der Waals surface area (Å²) in [7, 11) is 0.594. The van der Waals surface area contributed by atoms with Crippen LogP contribution in [0.2, 0.25) is 0 Å². The number of nitrogens with zero attached hydrogens (tertiary/aromatic N) is 2. The van der Waals surface area contributed by atoms with Crippen LogP contribution in [0, 0.1) is 10.1 Å². The van der Waals surface area contributed by atoms with Crippen LogP contribution in [-0.4, -0.2) is 41.4 Å². The second-order valence-corrected chi connectivity index (χ2v) is 7.10. The monoisotopic (exact) mass is 337 g/mol. The van der Waals surface area contributed by atoms with E-state index in [0.29, 0.717) is 11.3 Å². The molecule has 1 aromatic rings. The topological polar surface area (TPSA) is 95.8 Å². The first kappa shape index (κ1) is 18.5. The summed E-state index contributed by atoms with van der Waals surface area (Å²) >= 11 is 0. The van der Waals surface area contributed by atoms with Gasteiger partial charge >= 0.3 is 12.8 Å². The summed E-state index contributed by atoms with van der Waals surface area (Å²) in [5.41, 5.74) is -0.852. The van der Waals surface area contributed by atoms with Gasteiger partial charge in [0.15, 0.2) is 0 Å². The van der Waals surface area contributed by atoms with Gasteiger partial charge in [-0.1, -0.05) is 0 Å². The van der Waals surface area contributed by atoms with Crippen LogP contribution in [0.1, 0.15) is 41.5 Å². The van der Waals surface area contributed by atoms with Crippen molar-refractivity contribution in [1.82, 2.24) is 4.98 Å². The van der Waals surface area contributed by atoms with E-state index in [-0.39, 0.29) is 17.6 Å². The largest absolute Gasteiger partial charge is 0.498 e. The molecule has 8 nitrogen and oxygen atoms in total. The third-order valence-electron chi connectivity index (χ3n) is 4.32. The Kier molecular flexibility index (Phi) is 4.78. The number of hydrogen-bond acceptors (Lipinski definition) is 7. The van der Waals surface area contributed by atoms with Crippen molar-refractivity contribution in [1.29, 1.82) is 0 Å². The van der Waals surface area contributed by atoms with Crippen LogP contribution in [0.3, 0.4) is 0 Å². The van der Waals surface area contributed by atoms with Gasteiger partial charge in [-0.05, 0) is 41.5 Å². The molecule has 1 aliphatic rings. The predicted molar refractivity (Wildman–Crippen MR) is 91.9 cm³/mol. The maximum atomic E-state index is 11.3. The normalized spacial score (nSPS) is 18.8. The summed E-state index contributed by atoms with van der Waals surface area (Å²) in [5, 5.41) is 14.5. The van der Waals surface area contributed by atoms with Gasteiger partial charge in [0.05, 0.1) is 23.2 Å². The third kappa shape index (κ3) is 3.32. The summed E-state index contributed by atoms with van der Waals surface area (Å²) < 4.78 is 17.1. The van der Waals surface area contributed by atoms with Gasteiger partial charge in [-0.2, -0.15) is 4.98 Å². The van der Waals surface area contributed by atoms with Gasteiger partial charge < -0.3 is 19.4 Å². The van der Waals surface area contributed by atoms with Gasteiger partial charge in [-0.15, -0.1) is 0 Å². The first-order valence-electron chi connectivity index (χ1n) is 7.84. The van der Waals surface area contributed by atoms with Crippen molar-refractivity contribution >= 4 is 24.1 Å². The zero-order chi connectivity index (χ0) is 18.3. The van der Waals surface area contributed by atoms with Crippen LogP contribution in [0.5, 0.6) is 5.88 Å². The Morgan fingerprint density at radius 2 is 1.83 bits per heavy atom. The van der Waals surface area contributed by atoms with Crippen molar-refractivity contribution in [2.24, 2.45) is 0 Å². The van der Waals surface area contributed by atoms with Crippen LogP contribution in [0.4, 0.5) is 11.5 Å². The molecule has 1 fully saturated rings. The molecule has 0 radical (unpaired) electrons. The fraction of sp³-hybridized carbons (Fsp3) is 0.667. The van der Waals surface area contributed by atoms with Gasteiger partial charge in [0, 0.05) is 17.6 Å². The second kappa shape index (κ2) is 6.21. The molecule has 0 saturated carbocycles. The Bertz CT molecular complexity index is 632.